The highest BCUT2D eigenvalue weighted by Gasteiger charge is 2.03. The second-order valence-electron chi connectivity index (χ2n) is 4.62. The van der Waals surface area contributed by atoms with Gasteiger partial charge in [0.15, 0.2) is 0 Å². The molecule has 2 rings (SSSR count). The van der Waals surface area contributed by atoms with Crippen molar-refractivity contribution >= 4 is 27.8 Å². The first-order valence-corrected chi connectivity index (χ1v) is 7.70. The van der Waals surface area contributed by atoms with E-state index in [1.54, 1.807) is 18.3 Å². The Morgan fingerprint density at radius 1 is 1.19 bits per heavy atom. The molecule has 0 saturated carbocycles. The number of nitrogens with zero attached hydrogens (tertiary/aromatic N) is 1. The van der Waals surface area contributed by atoms with Crippen LogP contribution in [0.3, 0.4) is 0 Å². The van der Waals surface area contributed by atoms with Gasteiger partial charge in [-0.2, -0.15) is 0 Å². The van der Waals surface area contributed by atoms with Crippen LogP contribution >= 0.6 is 15.9 Å². The van der Waals surface area contributed by atoms with Crippen LogP contribution < -0.4 is 4.74 Å². The predicted molar refractivity (Wildman–Crippen MR) is 88.2 cm³/mol. The second kappa shape index (κ2) is 7.93. The molecule has 2 nitrogen and oxygen atoms in total. The summed E-state index contributed by atoms with van der Waals surface area (Å²) in [5.41, 5.74) is 1.61. The molecule has 0 fully saturated rings. The topological polar surface area (TPSA) is 21.6 Å². The highest BCUT2D eigenvalue weighted by Crippen LogP contribution is 2.23. The number of hydrogen-bond donors (Lipinski definition) is 0. The first kappa shape index (κ1) is 15.7. The van der Waals surface area contributed by atoms with E-state index in [1.807, 2.05) is 18.2 Å². The molecule has 0 atom stereocenters. The number of rotatable bonds is 6. The maximum Gasteiger partial charge on any atom is 0.129 e. The van der Waals surface area contributed by atoms with Crippen molar-refractivity contribution in [2.24, 2.45) is 4.99 Å². The van der Waals surface area contributed by atoms with Gasteiger partial charge in [-0.25, -0.2) is 4.39 Å². The zero-order valence-corrected chi connectivity index (χ0v) is 13.4. The summed E-state index contributed by atoms with van der Waals surface area (Å²) in [5, 5.41) is 0. The van der Waals surface area contributed by atoms with E-state index in [-0.39, 0.29) is 5.82 Å². The van der Waals surface area contributed by atoms with E-state index in [1.165, 1.54) is 12.1 Å². The molecule has 0 unspecified atom stereocenters. The lowest BCUT2D eigenvalue weighted by molar-refractivity contribution is 0.309. The lowest BCUT2D eigenvalue weighted by Gasteiger charge is -2.09. The van der Waals surface area contributed by atoms with Gasteiger partial charge in [0, 0.05) is 16.3 Å². The molecule has 0 spiro atoms. The molecule has 0 amide bonds. The van der Waals surface area contributed by atoms with Gasteiger partial charge in [-0.05, 0) is 48.9 Å². The first-order valence-electron chi connectivity index (χ1n) is 6.91. The normalized spacial score (nSPS) is 11.0. The van der Waals surface area contributed by atoms with E-state index in [2.05, 4.69) is 27.8 Å². The van der Waals surface area contributed by atoms with Gasteiger partial charge in [0.2, 0.25) is 0 Å². The van der Waals surface area contributed by atoms with Crippen LogP contribution in [0.25, 0.3) is 0 Å². The Morgan fingerprint density at radius 3 is 2.67 bits per heavy atom. The van der Waals surface area contributed by atoms with E-state index in [0.717, 1.165) is 28.6 Å². The van der Waals surface area contributed by atoms with Crippen molar-refractivity contribution in [3.05, 3.63) is 58.3 Å². The summed E-state index contributed by atoms with van der Waals surface area (Å²) in [6.45, 7) is 2.81. The van der Waals surface area contributed by atoms with Gasteiger partial charge in [-0.1, -0.05) is 29.3 Å². The molecule has 0 N–H and O–H groups in total. The van der Waals surface area contributed by atoms with Crippen LogP contribution in [0.15, 0.2) is 51.9 Å². The molecule has 0 aromatic heterocycles. The van der Waals surface area contributed by atoms with Gasteiger partial charge < -0.3 is 4.74 Å². The van der Waals surface area contributed by atoms with Crippen LogP contribution in [-0.4, -0.2) is 12.8 Å². The molecule has 21 heavy (non-hydrogen) atoms. The van der Waals surface area contributed by atoms with E-state index in [0.29, 0.717) is 12.3 Å². The summed E-state index contributed by atoms with van der Waals surface area (Å²) >= 11 is 3.44. The van der Waals surface area contributed by atoms with Crippen molar-refractivity contribution in [1.29, 1.82) is 0 Å². The molecule has 4 heteroatoms. The summed E-state index contributed by atoms with van der Waals surface area (Å²) < 4.78 is 19.6. The fraction of sp³-hybridized carbons (Fsp3) is 0.235. The number of halogens is 2. The third-order valence-electron chi connectivity index (χ3n) is 2.91. The Bertz CT molecular complexity index is 611. The minimum atomic E-state index is -0.263. The maximum absolute atomic E-state index is 12.9. The quantitative estimate of drug-likeness (QED) is 0.497. The van der Waals surface area contributed by atoms with Gasteiger partial charge >= 0.3 is 0 Å². The van der Waals surface area contributed by atoms with Crippen molar-refractivity contribution in [1.82, 2.24) is 0 Å². The van der Waals surface area contributed by atoms with Crippen LogP contribution in [0, 0.1) is 5.82 Å². The van der Waals surface area contributed by atoms with E-state index >= 15 is 0 Å². The Balaban J connectivity index is 2.16. The molecular weight excluding hydrogens is 333 g/mol. The monoisotopic (exact) mass is 349 g/mol. The zero-order chi connectivity index (χ0) is 15.1. The van der Waals surface area contributed by atoms with Crippen molar-refractivity contribution < 1.29 is 9.13 Å². The molecule has 0 saturated heterocycles. The number of benzene rings is 2. The summed E-state index contributed by atoms with van der Waals surface area (Å²) in [5.74, 6) is 0.532. The molecule has 0 heterocycles. The average molecular weight is 350 g/mol. The molecule has 0 aliphatic rings. The fourth-order valence-corrected chi connectivity index (χ4v) is 2.08. The molecule has 0 bridgehead atoms. The summed E-state index contributed by atoms with van der Waals surface area (Å²) in [6.07, 6.45) is 3.84. The van der Waals surface area contributed by atoms with Crippen LogP contribution in [0.4, 0.5) is 10.1 Å². The Morgan fingerprint density at radius 2 is 1.95 bits per heavy atom. The van der Waals surface area contributed by atoms with Gasteiger partial charge in [0.05, 0.1) is 12.3 Å². The second-order valence-corrected chi connectivity index (χ2v) is 5.53. The number of ether oxygens (including phenoxy) is 1. The number of hydrogen-bond acceptors (Lipinski definition) is 2. The third kappa shape index (κ3) is 4.97. The molecular formula is C17H17BrFNO. The third-order valence-corrected chi connectivity index (χ3v) is 3.40. The highest BCUT2D eigenvalue weighted by molar-refractivity contribution is 9.10. The van der Waals surface area contributed by atoms with Crippen molar-refractivity contribution in [3.8, 4) is 5.75 Å². The largest absolute Gasteiger partial charge is 0.493 e. The van der Waals surface area contributed by atoms with E-state index in [4.69, 9.17) is 4.74 Å². The minimum Gasteiger partial charge on any atom is -0.493 e. The Labute approximate surface area is 132 Å². The first-order chi connectivity index (χ1) is 10.2. The summed E-state index contributed by atoms with van der Waals surface area (Å²) in [4.78, 5) is 4.35. The Hall–Kier alpha value is -1.68. The molecule has 0 radical (unpaired) electrons. The standard InChI is InChI=1S/C17H17BrFNO/c1-2-3-10-21-17-11-14(18)5-4-13(17)12-20-16-8-6-15(19)7-9-16/h4-9,11-12H,2-3,10H2,1H3. The van der Waals surface area contributed by atoms with Crippen molar-refractivity contribution in [3.63, 3.8) is 0 Å². The summed E-state index contributed by atoms with van der Waals surface area (Å²) in [7, 11) is 0. The van der Waals surface area contributed by atoms with Crippen LogP contribution in [0.2, 0.25) is 0 Å². The number of unbranched alkanes of at least 4 members (excludes halogenated alkanes) is 1. The van der Waals surface area contributed by atoms with Crippen LogP contribution in [0.5, 0.6) is 5.75 Å². The van der Waals surface area contributed by atoms with E-state index in [9.17, 15) is 4.39 Å². The Kier molecular flexibility index (Phi) is 5.93. The SMILES string of the molecule is CCCCOc1cc(Br)ccc1C=Nc1ccc(F)cc1. The minimum absolute atomic E-state index is 0.263. The smallest absolute Gasteiger partial charge is 0.129 e. The molecule has 2 aromatic carbocycles. The number of aliphatic imine (C=N–C) groups is 1. The molecule has 0 aliphatic heterocycles. The lowest BCUT2D eigenvalue weighted by atomic mass is 10.2. The fourth-order valence-electron chi connectivity index (χ4n) is 1.74. The van der Waals surface area contributed by atoms with Gasteiger partial charge in [0.1, 0.15) is 11.6 Å². The van der Waals surface area contributed by atoms with Gasteiger partial charge in [-0.15, -0.1) is 0 Å². The zero-order valence-electron chi connectivity index (χ0n) is 11.9. The lowest BCUT2D eigenvalue weighted by Crippen LogP contribution is -1.99. The van der Waals surface area contributed by atoms with Gasteiger partial charge in [0.25, 0.3) is 0 Å². The summed E-state index contributed by atoms with van der Waals surface area (Å²) in [6, 6.07) is 11.9. The average Bonchev–Trinajstić information content (AvgIpc) is 2.48. The van der Waals surface area contributed by atoms with Gasteiger partial charge in [-0.3, -0.25) is 4.99 Å². The predicted octanol–water partition coefficient (Wildman–Crippen LogP) is 5.52. The van der Waals surface area contributed by atoms with Crippen molar-refractivity contribution in [2.75, 3.05) is 6.61 Å². The molecule has 0 aliphatic carbocycles. The highest BCUT2D eigenvalue weighted by atomic mass is 79.9. The van der Waals surface area contributed by atoms with Crippen molar-refractivity contribution in [2.45, 2.75) is 19.8 Å². The molecule has 2 aromatic rings. The van der Waals surface area contributed by atoms with Crippen LogP contribution in [0.1, 0.15) is 25.3 Å². The van der Waals surface area contributed by atoms with E-state index < -0.39 is 0 Å². The maximum atomic E-state index is 12.9. The van der Waals surface area contributed by atoms with Crippen LogP contribution in [-0.2, 0) is 0 Å². The molecule has 110 valence electrons.